The van der Waals surface area contributed by atoms with Crippen molar-refractivity contribution in [2.24, 2.45) is 11.7 Å². The van der Waals surface area contributed by atoms with E-state index in [-0.39, 0.29) is 5.91 Å². The summed E-state index contributed by atoms with van der Waals surface area (Å²) >= 11 is 1.43. The van der Waals surface area contributed by atoms with Crippen molar-refractivity contribution < 1.29 is 9.53 Å². The van der Waals surface area contributed by atoms with E-state index in [9.17, 15) is 4.79 Å². The van der Waals surface area contributed by atoms with Crippen molar-refractivity contribution in [3.63, 3.8) is 0 Å². The molecule has 2 aromatic rings. The lowest BCUT2D eigenvalue weighted by Crippen LogP contribution is -2.29. The number of hydrogen-bond donors (Lipinski definition) is 1. The van der Waals surface area contributed by atoms with Gasteiger partial charge in [-0.1, -0.05) is 30.3 Å². The van der Waals surface area contributed by atoms with E-state index in [1.165, 1.54) is 16.9 Å². The number of methoxy groups -OCH3 is 1. The monoisotopic (exact) mass is 316 g/mol. The van der Waals surface area contributed by atoms with Gasteiger partial charge in [-0.05, 0) is 29.5 Å². The Kier molecular flexibility index (Phi) is 4.45. The molecule has 2 atom stereocenters. The number of benzene rings is 1. The predicted molar refractivity (Wildman–Crippen MR) is 88.5 cm³/mol. The van der Waals surface area contributed by atoms with Crippen LogP contribution in [0, 0.1) is 5.92 Å². The maximum Gasteiger partial charge on any atom is 0.267 e. The Labute approximate surface area is 134 Å². The summed E-state index contributed by atoms with van der Waals surface area (Å²) in [7, 11) is 1.60. The smallest absolute Gasteiger partial charge is 0.267 e. The molecular weight excluding hydrogens is 296 g/mol. The summed E-state index contributed by atoms with van der Waals surface area (Å²) < 4.78 is 5.27. The van der Waals surface area contributed by atoms with Gasteiger partial charge < -0.3 is 15.4 Å². The maximum atomic E-state index is 12.7. The number of rotatable bonds is 4. The minimum Gasteiger partial charge on any atom is -0.495 e. The van der Waals surface area contributed by atoms with Crippen molar-refractivity contribution in [1.29, 1.82) is 0 Å². The third-order valence-electron chi connectivity index (χ3n) is 4.30. The quantitative estimate of drug-likeness (QED) is 0.943. The Morgan fingerprint density at radius 3 is 2.77 bits per heavy atom. The molecule has 0 radical (unpaired) electrons. The van der Waals surface area contributed by atoms with Gasteiger partial charge in [-0.2, -0.15) is 0 Å². The SMILES string of the molecule is COc1ccsc1C(=O)N1C[C@@H](CN)[C@H](c2ccccc2)C1. The number of carbonyl (C=O) groups excluding carboxylic acids is 1. The molecule has 1 fully saturated rings. The van der Waals surface area contributed by atoms with Crippen LogP contribution in [0.15, 0.2) is 41.8 Å². The van der Waals surface area contributed by atoms with Crippen molar-refractivity contribution in [3.05, 3.63) is 52.2 Å². The van der Waals surface area contributed by atoms with E-state index >= 15 is 0 Å². The average molecular weight is 316 g/mol. The summed E-state index contributed by atoms with van der Waals surface area (Å²) in [5, 5.41) is 1.89. The minimum absolute atomic E-state index is 0.0451. The fourth-order valence-corrected chi connectivity index (χ4v) is 3.94. The minimum atomic E-state index is 0.0451. The van der Waals surface area contributed by atoms with Crippen molar-refractivity contribution in [2.75, 3.05) is 26.7 Å². The topological polar surface area (TPSA) is 55.6 Å². The van der Waals surface area contributed by atoms with Crippen LogP contribution in [0.25, 0.3) is 0 Å². The third-order valence-corrected chi connectivity index (χ3v) is 5.19. The number of ether oxygens (including phenoxy) is 1. The summed E-state index contributed by atoms with van der Waals surface area (Å²) in [5.74, 6) is 1.31. The van der Waals surface area contributed by atoms with E-state index < -0.39 is 0 Å². The summed E-state index contributed by atoms with van der Waals surface area (Å²) in [6.07, 6.45) is 0. The van der Waals surface area contributed by atoms with Crippen LogP contribution in [0.5, 0.6) is 5.75 Å². The summed E-state index contributed by atoms with van der Waals surface area (Å²) in [5.41, 5.74) is 7.19. The molecule has 3 rings (SSSR count). The molecule has 5 heteroatoms. The first-order valence-electron chi connectivity index (χ1n) is 7.40. The first-order chi connectivity index (χ1) is 10.7. The Morgan fingerprint density at radius 1 is 1.32 bits per heavy atom. The molecule has 116 valence electrons. The van der Waals surface area contributed by atoms with Crippen LogP contribution >= 0.6 is 11.3 Å². The van der Waals surface area contributed by atoms with E-state index in [4.69, 9.17) is 10.5 Å². The molecule has 0 aliphatic carbocycles. The molecule has 0 saturated carbocycles. The molecule has 1 aromatic carbocycles. The lowest BCUT2D eigenvalue weighted by Gasteiger charge is -2.16. The summed E-state index contributed by atoms with van der Waals surface area (Å²) in [6, 6.07) is 12.2. The predicted octanol–water partition coefficient (Wildman–Crippen LogP) is 2.57. The molecule has 0 bridgehead atoms. The number of likely N-dealkylation sites (tertiary alicyclic amines) is 1. The molecule has 4 nitrogen and oxygen atoms in total. The number of thiophene rings is 1. The highest BCUT2D eigenvalue weighted by molar-refractivity contribution is 7.12. The zero-order chi connectivity index (χ0) is 15.5. The molecule has 1 amide bonds. The van der Waals surface area contributed by atoms with Crippen LogP contribution in [0.2, 0.25) is 0 Å². The van der Waals surface area contributed by atoms with Gasteiger partial charge in [-0.15, -0.1) is 11.3 Å². The molecular formula is C17H20N2O2S. The second-order valence-electron chi connectivity index (χ2n) is 5.54. The van der Waals surface area contributed by atoms with Gasteiger partial charge in [-0.3, -0.25) is 4.79 Å². The summed E-state index contributed by atoms with van der Waals surface area (Å²) in [4.78, 5) is 15.3. The molecule has 2 heterocycles. The highest BCUT2D eigenvalue weighted by Gasteiger charge is 2.36. The van der Waals surface area contributed by atoms with Gasteiger partial charge in [0.15, 0.2) is 0 Å². The van der Waals surface area contributed by atoms with E-state index in [0.29, 0.717) is 42.1 Å². The Bertz CT molecular complexity index is 641. The largest absolute Gasteiger partial charge is 0.495 e. The van der Waals surface area contributed by atoms with Gasteiger partial charge in [0.1, 0.15) is 10.6 Å². The van der Waals surface area contributed by atoms with Crippen LogP contribution in [-0.2, 0) is 0 Å². The lowest BCUT2D eigenvalue weighted by atomic mass is 9.89. The Morgan fingerprint density at radius 2 is 2.09 bits per heavy atom. The van der Waals surface area contributed by atoms with Crippen LogP contribution < -0.4 is 10.5 Å². The Hall–Kier alpha value is -1.85. The number of hydrogen-bond acceptors (Lipinski definition) is 4. The van der Waals surface area contributed by atoms with E-state index in [0.717, 1.165) is 0 Å². The van der Waals surface area contributed by atoms with E-state index in [1.54, 1.807) is 7.11 Å². The standard InChI is InChI=1S/C17H20N2O2S/c1-21-15-7-8-22-16(15)17(20)19-10-13(9-18)14(11-19)12-5-3-2-4-6-12/h2-8,13-14H,9-11,18H2,1H3/t13-,14+/m1/s1. The number of amides is 1. The van der Waals surface area contributed by atoms with Gasteiger partial charge in [0.25, 0.3) is 5.91 Å². The number of carbonyl (C=O) groups is 1. The van der Waals surface area contributed by atoms with E-state index in [1.807, 2.05) is 34.5 Å². The van der Waals surface area contributed by atoms with Crippen molar-refractivity contribution in [3.8, 4) is 5.75 Å². The average Bonchev–Trinajstić information content (AvgIpc) is 3.21. The lowest BCUT2D eigenvalue weighted by molar-refractivity contribution is 0.0788. The third kappa shape index (κ3) is 2.74. The van der Waals surface area contributed by atoms with Crippen LogP contribution in [0.4, 0.5) is 0 Å². The zero-order valence-corrected chi connectivity index (χ0v) is 13.4. The molecule has 1 aromatic heterocycles. The van der Waals surface area contributed by atoms with Gasteiger partial charge in [0.05, 0.1) is 7.11 Å². The van der Waals surface area contributed by atoms with E-state index in [2.05, 4.69) is 12.1 Å². The molecule has 22 heavy (non-hydrogen) atoms. The fraction of sp³-hybridized carbons (Fsp3) is 0.353. The number of nitrogens with two attached hydrogens (primary N) is 1. The Balaban J connectivity index is 1.81. The fourth-order valence-electron chi connectivity index (χ4n) is 3.11. The molecule has 1 aliphatic heterocycles. The first kappa shape index (κ1) is 15.1. The second kappa shape index (κ2) is 6.50. The molecule has 1 saturated heterocycles. The highest BCUT2D eigenvalue weighted by atomic mass is 32.1. The van der Waals surface area contributed by atoms with Gasteiger partial charge in [0, 0.05) is 19.0 Å². The van der Waals surface area contributed by atoms with Crippen molar-refractivity contribution in [1.82, 2.24) is 4.90 Å². The van der Waals surface area contributed by atoms with Crippen LogP contribution in [0.1, 0.15) is 21.2 Å². The maximum absolute atomic E-state index is 12.7. The second-order valence-corrected chi connectivity index (χ2v) is 6.46. The van der Waals surface area contributed by atoms with Crippen molar-refractivity contribution >= 4 is 17.2 Å². The molecule has 0 spiro atoms. The molecule has 1 aliphatic rings. The highest BCUT2D eigenvalue weighted by Crippen LogP contribution is 2.34. The zero-order valence-electron chi connectivity index (χ0n) is 12.6. The van der Waals surface area contributed by atoms with Crippen LogP contribution in [-0.4, -0.2) is 37.6 Å². The van der Waals surface area contributed by atoms with Gasteiger partial charge >= 0.3 is 0 Å². The normalized spacial score (nSPS) is 21.1. The first-order valence-corrected chi connectivity index (χ1v) is 8.28. The molecule has 0 unspecified atom stereocenters. The number of nitrogens with zero attached hydrogens (tertiary/aromatic N) is 1. The van der Waals surface area contributed by atoms with Crippen LogP contribution in [0.3, 0.4) is 0 Å². The van der Waals surface area contributed by atoms with Gasteiger partial charge in [-0.25, -0.2) is 0 Å². The molecule has 2 N–H and O–H groups in total. The van der Waals surface area contributed by atoms with Crippen molar-refractivity contribution in [2.45, 2.75) is 5.92 Å². The van der Waals surface area contributed by atoms with Gasteiger partial charge in [0.2, 0.25) is 0 Å². The summed E-state index contributed by atoms with van der Waals surface area (Å²) in [6.45, 7) is 2.01.